The number of nitrogens with two attached hydrogens (primary N) is 2. The van der Waals surface area contributed by atoms with Gasteiger partial charge in [-0.1, -0.05) is 0 Å². The van der Waals surface area contributed by atoms with Crippen LogP contribution in [0.2, 0.25) is 0 Å². The largest absolute Gasteiger partial charge is 0.477 e. The van der Waals surface area contributed by atoms with E-state index in [1.807, 2.05) is 0 Å². The molecule has 32 heavy (non-hydrogen) atoms. The van der Waals surface area contributed by atoms with Crippen molar-refractivity contribution in [2.24, 2.45) is 5.73 Å². The Morgan fingerprint density at radius 1 is 1.28 bits per heavy atom. The summed E-state index contributed by atoms with van der Waals surface area (Å²) in [5.41, 5.74) is 8.91. The number of halogens is 2. The summed E-state index contributed by atoms with van der Waals surface area (Å²) < 4.78 is 32.6. The van der Waals surface area contributed by atoms with Crippen molar-refractivity contribution in [3.8, 4) is 0 Å². The molecule has 5 rings (SSSR count). The Hall–Kier alpha value is -3.54. The number of H-pyrrole nitrogens is 1. The smallest absolute Gasteiger partial charge is 0.341 e. The first-order valence-corrected chi connectivity index (χ1v) is 10.3. The lowest BCUT2D eigenvalue weighted by atomic mass is 10.1. The van der Waals surface area contributed by atoms with Crippen LogP contribution in [0.4, 0.5) is 20.2 Å². The summed E-state index contributed by atoms with van der Waals surface area (Å²) in [6.45, 7) is 0.781. The van der Waals surface area contributed by atoms with Crippen LogP contribution in [0.3, 0.4) is 0 Å². The second kappa shape index (κ2) is 7.26. The monoisotopic (exact) mass is 445 g/mol. The predicted octanol–water partition coefficient (Wildman–Crippen LogP) is 1.47. The van der Waals surface area contributed by atoms with Crippen molar-refractivity contribution >= 4 is 28.2 Å². The molecule has 1 saturated heterocycles. The van der Waals surface area contributed by atoms with Gasteiger partial charge in [-0.3, -0.25) is 9.89 Å². The molecule has 0 bridgehead atoms. The minimum absolute atomic E-state index is 0.164. The van der Waals surface area contributed by atoms with Crippen LogP contribution in [0.15, 0.2) is 11.0 Å². The van der Waals surface area contributed by atoms with Crippen LogP contribution in [0.25, 0.3) is 10.9 Å². The van der Waals surface area contributed by atoms with Crippen LogP contribution < -0.4 is 21.8 Å². The highest BCUT2D eigenvalue weighted by Gasteiger charge is 2.35. The molecule has 168 valence electrons. The Balaban J connectivity index is 1.65. The maximum Gasteiger partial charge on any atom is 0.341 e. The molecule has 1 saturated carbocycles. The maximum absolute atomic E-state index is 15.8. The summed E-state index contributed by atoms with van der Waals surface area (Å²) in [7, 11) is 0. The second-order valence-corrected chi connectivity index (χ2v) is 8.21. The number of nitrogens with zero attached hydrogens (tertiary/aromatic N) is 4. The van der Waals surface area contributed by atoms with Gasteiger partial charge in [-0.2, -0.15) is 5.10 Å². The van der Waals surface area contributed by atoms with E-state index >= 15 is 8.78 Å². The highest BCUT2D eigenvalue weighted by atomic mass is 19.1. The second-order valence-electron chi connectivity index (χ2n) is 8.21. The van der Waals surface area contributed by atoms with Gasteiger partial charge in [-0.15, -0.1) is 0 Å². The van der Waals surface area contributed by atoms with Gasteiger partial charge in [-0.05, 0) is 19.3 Å². The van der Waals surface area contributed by atoms with E-state index in [1.54, 1.807) is 0 Å². The van der Waals surface area contributed by atoms with Gasteiger partial charge in [0, 0.05) is 31.2 Å². The van der Waals surface area contributed by atoms with Crippen LogP contribution in [0.1, 0.15) is 53.2 Å². The fourth-order valence-electron chi connectivity index (χ4n) is 4.38. The molecule has 3 heterocycles. The first kappa shape index (κ1) is 20.4. The number of nitrogens with one attached hydrogen (secondary N) is 1. The SMILES string of the molecule is NCc1nc(C2CCN(c3c(F)c(N)c4c(=O)c(C(=O)O)cn(C5CC5)c4c3F)C2)n[nH]1. The summed E-state index contributed by atoms with van der Waals surface area (Å²) >= 11 is 0. The molecule has 3 aromatic rings. The number of carbonyl (C=O) groups is 1. The Labute approximate surface area is 179 Å². The zero-order valence-corrected chi connectivity index (χ0v) is 16.9. The lowest BCUT2D eigenvalue weighted by Gasteiger charge is -2.23. The minimum atomic E-state index is -1.47. The summed E-state index contributed by atoms with van der Waals surface area (Å²) in [5, 5.41) is 15.8. The van der Waals surface area contributed by atoms with Crippen molar-refractivity contribution in [2.75, 3.05) is 23.7 Å². The predicted molar refractivity (Wildman–Crippen MR) is 112 cm³/mol. The number of carboxylic acids is 1. The van der Waals surface area contributed by atoms with Crippen LogP contribution in [0, 0.1) is 11.6 Å². The molecule has 1 aliphatic heterocycles. The third-order valence-corrected chi connectivity index (χ3v) is 6.15. The van der Waals surface area contributed by atoms with Gasteiger partial charge in [0.15, 0.2) is 17.5 Å². The Morgan fingerprint density at radius 3 is 2.66 bits per heavy atom. The first-order chi connectivity index (χ1) is 15.3. The molecular formula is C20H21F2N7O3. The van der Waals surface area contributed by atoms with Crippen LogP contribution in [-0.4, -0.2) is 43.9 Å². The Morgan fingerprint density at radius 2 is 2.03 bits per heavy atom. The molecule has 1 aliphatic carbocycles. The number of anilines is 2. The van der Waals surface area contributed by atoms with Crippen molar-refractivity contribution in [3.63, 3.8) is 0 Å². The molecule has 1 aromatic carbocycles. The van der Waals surface area contributed by atoms with Crippen LogP contribution >= 0.6 is 0 Å². The minimum Gasteiger partial charge on any atom is -0.477 e. The molecule has 6 N–H and O–H groups in total. The van der Waals surface area contributed by atoms with Gasteiger partial charge in [0.1, 0.15) is 17.1 Å². The highest BCUT2D eigenvalue weighted by molar-refractivity contribution is 5.99. The number of aromatic nitrogens is 4. The van der Waals surface area contributed by atoms with Crippen LogP contribution in [0.5, 0.6) is 0 Å². The third kappa shape index (κ3) is 3.01. The number of nitrogen functional groups attached to an aromatic ring is 1. The quantitative estimate of drug-likeness (QED) is 0.430. The summed E-state index contributed by atoms with van der Waals surface area (Å²) in [4.78, 5) is 30.1. The standard InChI is InChI=1S/C20H21F2N7O3/c21-13-15(24)12-16(29(9-1-2-9)7-10(18(12)30)20(31)32)14(22)17(13)28-4-3-8(6-28)19-25-11(5-23)26-27-19/h7-9H,1-6,23-24H2,(H,31,32)(H,25,26,27). The topological polar surface area (TPSA) is 156 Å². The van der Waals surface area contributed by atoms with E-state index in [2.05, 4.69) is 15.2 Å². The van der Waals surface area contributed by atoms with E-state index in [1.165, 1.54) is 9.47 Å². The molecule has 10 nitrogen and oxygen atoms in total. The number of carboxylic acid groups (broad SMARTS) is 1. The lowest BCUT2D eigenvalue weighted by molar-refractivity contribution is 0.0695. The molecule has 0 radical (unpaired) electrons. The average molecular weight is 445 g/mol. The number of hydrogen-bond donors (Lipinski definition) is 4. The normalized spacial score (nSPS) is 18.6. The van der Waals surface area contributed by atoms with E-state index in [9.17, 15) is 14.7 Å². The zero-order chi connectivity index (χ0) is 22.7. The van der Waals surface area contributed by atoms with Crippen molar-refractivity contribution in [2.45, 2.75) is 37.8 Å². The molecular weight excluding hydrogens is 424 g/mol. The Bertz CT molecular complexity index is 1310. The highest BCUT2D eigenvalue weighted by Crippen LogP contribution is 2.42. The summed E-state index contributed by atoms with van der Waals surface area (Å²) in [6.07, 6.45) is 3.09. The Kier molecular flexibility index (Phi) is 4.62. The van der Waals surface area contributed by atoms with Gasteiger partial charge in [0.25, 0.3) is 0 Å². The van der Waals surface area contributed by atoms with Crippen molar-refractivity contribution in [3.05, 3.63) is 45.3 Å². The fourth-order valence-corrected chi connectivity index (χ4v) is 4.38. The van der Waals surface area contributed by atoms with E-state index in [4.69, 9.17) is 11.5 Å². The molecule has 1 unspecified atom stereocenters. The summed E-state index contributed by atoms with van der Waals surface area (Å²) in [6, 6.07) is -0.169. The van der Waals surface area contributed by atoms with Gasteiger partial charge in [0.2, 0.25) is 5.43 Å². The van der Waals surface area contributed by atoms with Gasteiger partial charge < -0.3 is 26.0 Å². The first-order valence-electron chi connectivity index (χ1n) is 10.3. The van der Waals surface area contributed by atoms with E-state index in [0.717, 1.165) is 6.20 Å². The molecule has 2 fully saturated rings. The van der Waals surface area contributed by atoms with Crippen molar-refractivity contribution in [1.29, 1.82) is 0 Å². The molecule has 0 spiro atoms. The molecule has 12 heteroatoms. The number of pyridine rings is 1. The third-order valence-electron chi connectivity index (χ3n) is 6.15. The maximum atomic E-state index is 15.8. The average Bonchev–Trinajstić information content (AvgIpc) is 3.30. The lowest BCUT2D eigenvalue weighted by Crippen LogP contribution is -2.26. The molecule has 0 amide bonds. The number of aromatic amines is 1. The summed E-state index contributed by atoms with van der Waals surface area (Å²) in [5.74, 6) is -2.60. The zero-order valence-electron chi connectivity index (χ0n) is 16.9. The van der Waals surface area contributed by atoms with Gasteiger partial charge in [0.05, 0.1) is 23.1 Å². The van der Waals surface area contributed by atoms with Gasteiger partial charge >= 0.3 is 5.97 Å². The number of benzene rings is 1. The van der Waals surface area contributed by atoms with Crippen molar-refractivity contribution in [1.82, 2.24) is 19.7 Å². The van der Waals surface area contributed by atoms with E-state index in [0.29, 0.717) is 37.5 Å². The van der Waals surface area contributed by atoms with Gasteiger partial charge in [-0.25, -0.2) is 18.6 Å². The number of aromatic carboxylic acids is 1. The number of fused-ring (bicyclic) bond motifs is 1. The van der Waals surface area contributed by atoms with Crippen LogP contribution in [-0.2, 0) is 6.54 Å². The fraction of sp³-hybridized carbons (Fsp3) is 0.400. The molecule has 1 atom stereocenters. The van der Waals surface area contributed by atoms with E-state index in [-0.39, 0.29) is 36.3 Å². The van der Waals surface area contributed by atoms with Crippen molar-refractivity contribution < 1.29 is 18.7 Å². The number of rotatable bonds is 5. The molecule has 2 aliphatic rings. The molecule has 2 aromatic heterocycles. The van der Waals surface area contributed by atoms with E-state index < -0.39 is 39.7 Å². The number of hydrogen-bond acceptors (Lipinski definition) is 7.